The van der Waals surface area contributed by atoms with Crippen LogP contribution in [0.4, 0.5) is 21.9 Å². The maximum Gasteiger partial charge on any atom is 0.321 e. The largest absolute Gasteiger partial charge is 0.508 e. The van der Waals surface area contributed by atoms with E-state index in [1.54, 1.807) is 24.1 Å². The van der Waals surface area contributed by atoms with Crippen LogP contribution in [0.5, 0.6) is 5.75 Å². The summed E-state index contributed by atoms with van der Waals surface area (Å²) in [6.45, 7) is 14.9. The molecule has 32 heavy (non-hydrogen) atoms. The molecule has 6 nitrogen and oxygen atoms in total. The number of nitrogens with one attached hydrogen (secondary N) is 1. The van der Waals surface area contributed by atoms with Gasteiger partial charge in [-0.1, -0.05) is 34.6 Å². The second-order valence-electron chi connectivity index (χ2n) is 9.11. The van der Waals surface area contributed by atoms with Gasteiger partial charge in [0.1, 0.15) is 5.75 Å². The van der Waals surface area contributed by atoms with Crippen LogP contribution in [0.2, 0.25) is 0 Å². The number of piperazine rings is 1. The van der Waals surface area contributed by atoms with Gasteiger partial charge >= 0.3 is 6.03 Å². The Morgan fingerprint density at radius 2 is 1.34 bits per heavy atom. The molecule has 6 heteroatoms. The molecular formula is C26H40N4O2. The summed E-state index contributed by atoms with van der Waals surface area (Å²) in [5.41, 5.74) is 3.40. The fourth-order valence-electron chi connectivity index (χ4n) is 3.55. The summed E-state index contributed by atoms with van der Waals surface area (Å²) in [6.07, 6.45) is 0.946. The number of hydrogen-bond donors (Lipinski definition) is 2. The maximum atomic E-state index is 12.4. The van der Waals surface area contributed by atoms with Crippen molar-refractivity contribution in [2.75, 3.05) is 54.5 Å². The molecule has 0 unspecified atom stereocenters. The Hall–Kier alpha value is -2.89. The fourth-order valence-corrected chi connectivity index (χ4v) is 3.55. The number of anilines is 3. The number of aromatic hydroxyl groups is 1. The van der Waals surface area contributed by atoms with E-state index in [4.69, 9.17) is 0 Å². The van der Waals surface area contributed by atoms with E-state index < -0.39 is 0 Å². The van der Waals surface area contributed by atoms with Gasteiger partial charge in [-0.3, -0.25) is 4.90 Å². The normalized spacial score (nSPS) is 13.8. The van der Waals surface area contributed by atoms with Crippen LogP contribution in [0, 0.1) is 5.41 Å². The number of hydrogen-bond acceptors (Lipinski definition) is 4. The standard InChI is InChI=1S/C24H34N4O2.C2H6/c1-24(2,3)13-14-25-23(30)26(4)19-5-7-20(8-6-19)27-15-17-28(18-16-27)21-9-11-22(29)12-10-21;1-2/h5-12,29H,13-18H2,1-4H3,(H,25,30);1-2H3. The van der Waals surface area contributed by atoms with Gasteiger partial charge in [-0.15, -0.1) is 0 Å². The highest BCUT2D eigenvalue weighted by Crippen LogP contribution is 2.24. The average molecular weight is 441 g/mol. The summed E-state index contributed by atoms with van der Waals surface area (Å²) in [5, 5.41) is 12.5. The van der Waals surface area contributed by atoms with Gasteiger partial charge < -0.3 is 20.2 Å². The van der Waals surface area contributed by atoms with Crippen LogP contribution < -0.4 is 20.0 Å². The Kier molecular flexibility index (Phi) is 9.24. The topological polar surface area (TPSA) is 59.1 Å². The highest BCUT2D eigenvalue weighted by Gasteiger charge is 2.18. The zero-order valence-electron chi connectivity index (χ0n) is 20.6. The van der Waals surface area contributed by atoms with Crippen molar-refractivity contribution in [1.82, 2.24) is 5.32 Å². The predicted octanol–water partition coefficient (Wildman–Crippen LogP) is 5.33. The molecule has 2 aromatic carbocycles. The Morgan fingerprint density at radius 1 is 0.906 bits per heavy atom. The van der Waals surface area contributed by atoms with Crippen molar-refractivity contribution in [1.29, 1.82) is 0 Å². The highest BCUT2D eigenvalue weighted by molar-refractivity contribution is 5.91. The van der Waals surface area contributed by atoms with E-state index in [2.05, 4.69) is 48.0 Å². The van der Waals surface area contributed by atoms with E-state index in [1.165, 1.54) is 5.69 Å². The van der Waals surface area contributed by atoms with Crippen LogP contribution in [0.15, 0.2) is 48.5 Å². The average Bonchev–Trinajstić information content (AvgIpc) is 2.80. The van der Waals surface area contributed by atoms with Crippen molar-refractivity contribution >= 4 is 23.1 Å². The third-order valence-electron chi connectivity index (χ3n) is 5.55. The Balaban J connectivity index is 0.00000176. The van der Waals surface area contributed by atoms with Gasteiger partial charge in [0.05, 0.1) is 0 Å². The number of urea groups is 1. The van der Waals surface area contributed by atoms with Crippen LogP contribution in [0.1, 0.15) is 41.0 Å². The zero-order valence-corrected chi connectivity index (χ0v) is 20.6. The highest BCUT2D eigenvalue weighted by atomic mass is 16.3. The lowest BCUT2D eigenvalue weighted by Gasteiger charge is -2.37. The fraction of sp³-hybridized carbons (Fsp3) is 0.500. The maximum absolute atomic E-state index is 12.4. The second kappa shape index (κ2) is 11.7. The smallest absolute Gasteiger partial charge is 0.321 e. The van der Waals surface area contributed by atoms with Gasteiger partial charge in [0, 0.05) is 56.8 Å². The predicted molar refractivity (Wildman–Crippen MR) is 136 cm³/mol. The molecule has 0 spiro atoms. The number of phenolic OH excluding ortho intramolecular Hbond substituents is 1. The van der Waals surface area contributed by atoms with Crippen LogP contribution in [0.25, 0.3) is 0 Å². The number of benzene rings is 2. The molecule has 1 aliphatic heterocycles. The molecule has 0 aromatic heterocycles. The third kappa shape index (κ3) is 7.36. The monoisotopic (exact) mass is 440 g/mol. The van der Waals surface area contributed by atoms with E-state index in [0.717, 1.165) is 44.0 Å². The molecule has 176 valence electrons. The Labute approximate surface area is 193 Å². The van der Waals surface area contributed by atoms with Crippen LogP contribution in [0.3, 0.4) is 0 Å². The number of amides is 2. The SMILES string of the molecule is CC.CN(C(=O)NCCC(C)(C)C)c1ccc(N2CCN(c3ccc(O)cc3)CC2)cc1. The first-order valence-corrected chi connectivity index (χ1v) is 11.6. The zero-order chi connectivity index (χ0) is 23.7. The van der Waals surface area contributed by atoms with Crippen molar-refractivity contribution in [2.24, 2.45) is 5.41 Å². The summed E-state index contributed by atoms with van der Waals surface area (Å²) < 4.78 is 0. The molecule has 0 saturated carbocycles. The first kappa shape index (κ1) is 25.4. The van der Waals surface area contributed by atoms with Crippen molar-refractivity contribution < 1.29 is 9.90 Å². The van der Waals surface area contributed by atoms with E-state index in [0.29, 0.717) is 12.3 Å². The molecule has 1 saturated heterocycles. The summed E-state index contributed by atoms with van der Waals surface area (Å²) in [4.78, 5) is 18.8. The second-order valence-corrected chi connectivity index (χ2v) is 9.11. The molecule has 3 rings (SSSR count). The van der Waals surface area contributed by atoms with Gasteiger partial charge in [-0.05, 0) is 60.4 Å². The third-order valence-corrected chi connectivity index (χ3v) is 5.55. The lowest BCUT2D eigenvalue weighted by atomic mass is 9.92. The molecule has 1 heterocycles. The molecule has 2 aromatic rings. The van der Waals surface area contributed by atoms with Crippen LogP contribution in [-0.4, -0.2) is 50.9 Å². The van der Waals surface area contributed by atoms with Gasteiger partial charge in [-0.2, -0.15) is 0 Å². The van der Waals surface area contributed by atoms with Gasteiger partial charge in [0.2, 0.25) is 0 Å². The number of carbonyl (C=O) groups excluding carboxylic acids is 1. The minimum atomic E-state index is -0.0745. The van der Waals surface area contributed by atoms with E-state index in [1.807, 2.05) is 38.1 Å². The minimum Gasteiger partial charge on any atom is -0.508 e. The van der Waals surface area contributed by atoms with E-state index >= 15 is 0 Å². The first-order chi connectivity index (χ1) is 15.2. The Bertz CT molecular complexity index is 820. The Morgan fingerprint density at radius 3 is 1.78 bits per heavy atom. The molecule has 2 N–H and O–H groups in total. The minimum absolute atomic E-state index is 0.0745. The molecule has 2 amide bonds. The molecule has 1 aliphatic rings. The summed E-state index contributed by atoms with van der Waals surface area (Å²) in [5.74, 6) is 0.297. The number of carbonyl (C=O) groups is 1. The van der Waals surface area contributed by atoms with E-state index in [-0.39, 0.29) is 11.4 Å². The molecule has 0 atom stereocenters. The molecule has 0 aliphatic carbocycles. The van der Waals surface area contributed by atoms with Crippen LogP contribution >= 0.6 is 0 Å². The summed E-state index contributed by atoms with van der Waals surface area (Å²) in [7, 11) is 1.80. The van der Waals surface area contributed by atoms with Crippen LogP contribution in [-0.2, 0) is 0 Å². The lowest BCUT2D eigenvalue weighted by molar-refractivity contribution is 0.245. The van der Waals surface area contributed by atoms with Gasteiger partial charge in [0.15, 0.2) is 0 Å². The number of rotatable bonds is 5. The van der Waals surface area contributed by atoms with Gasteiger partial charge in [-0.25, -0.2) is 4.79 Å². The first-order valence-electron chi connectivity index (χ1n) is 11.6. The number of nitrogens with zero attached hydrogens (tertiary/aromatic N) is 3. The number of phenols is 1. The van der Waals surface area contributed by atoms with Crippen molar-refractivity contribution in [3.05, 3.63) is 48.5 Å². The lowest BCUT2D eigenvalue weighted by Crippen LogP contribution is -2.46. The van der Waals surface area contributed by atoms with Crippen molar-refractivity contribution in [2.45, 2.75) is 41.0 Å². The molecular weight excluding hydrogens is 400 g/mol. The summed E-state index contributed by atoms with van der Waals surface area (Å²) >= 11 is 0. The summed E-state index contributed by atoms with van der Waals surface area (Å²) in [6, 6.07) is 15.5. The molecule has 0 bridgehead atoms. The quantitative estimate of drug-likeness (QED) is 0.660. The molecule has 1 fully saturated rings. The van der Waals surface area contributed by atoms with E-state index in [9.17, 15) is 9.90 Å². The van der Waals surface area contributed by atoms with Gasteiger partial charge in [0.25, 0.3) is 0 Å². The molecule has 0 radical (unpaired) electrons. The van der Waals surface area contributed by atoms with Crippen molar-refractivity contribution in [3.8, 4) is 5.75 Å². The van der Waals surface area contributed by atoms with Crippen molar-refractivity contribution in [3.63, 3.8) is 0 Å².